The predicted molar refractivity (Wildman–Crippen MR) is 81.1 cm³/mol. The number of nitrogens with two attached hydrogens (primary N) is 1. The second kappa shape index (κ2) is 5.46. The van der Waals surface area contributed by atoms with Crippen LogP contribution in [-0.4, -0.2) is 17.3 Å². The number of hydrogen-bond donors (Lipinski definition) is 1. The largest absolute Gasteiger partial charge is 0.494 e. The Balaban J connectivity index is 2.25. The van der Waals surface area contributed by atoms with Crippen LogP contribution in [0.3, 0.4) is 0 Å². The fraction of sp³-hybridized carbons (Fsp3) is 0.0667. The zero-order chi connectivity index (χ0) is 14.8. The fourth-order valence-electron chi connectivity index (χ4n) is 2.15. The van der Waals surface area contributed by atoms with Gasteiger partial charge in [0.2, 0.25) is 5.88 Å². The maximum absolute atomic E-state index is 6.25. The molecular weight excluding hydrogens is 290 g/mol. The predicted octanol–water partition coefficient (Wildman–Crippen LogP) is 3.65. The van der Waals surface area contributed by atoms with Gasteiger partial charge in [0.05, 0.1) is 18.9 Å². The lowest BCUT2D eigenvalue weighted by atomic mass is 10.0. The normalized spacial score (nSPS) is 10.6. The molecule has 0 saturated heterocycles. The Morgan fingerprint density at radius 1 is 1.19 bits per heavy atom. The van der Waals surface area contributed by atoms with Gasteiger partial charge in [-0.25, -0.2) is 0 Å². The van der Waals surface area contributed by atoms with Crippen molar-refractivity contribution in [3.8, 4) is 28.1 Å². The average molecular weight is 302 g/mol. The molecular formula is C15H12ClN3O2. The number of benzene rings is 1. The standard InChI is InChI=1S/C15H12ClN3O2/c1-20-12-8-18-7-6-10(12)14-13(15(17)21-19-14)9-4-2-3-5-11(9)16/h2-8H,17H2,1H3. The Hall–Kier alpha value is -2.53. The van der Waals surface area contributed by atoms with Crippen LogP contribution in [0.4, 0.5) is 5.88 Å². The van der Waals surface area contributed by atoms with Crippen molar-refractivity contribution in [2.24, 2.45) is 0 Å². The molecule has 0 amide bonds. The van der Waals surface area contributed by atoms with Gasteiger partial charge in [-0.2, -0.15) is 0 Å². The second-order valence-electron chi connectivity index (χ2n) is 4.33. The molecule has 2 heterocycles. The molecule has 6 heteroatoms. The maximum Gasteiger partial charge on any atom is 0.230 e. The van der Waals surface area contributed by atoms with E-state index in [4.69, 9.17) is 26.6 Å². The van der Waals surface area contributed by atoms with Crippen LogP contribution in [0.1, 0.15) is 0 Å². The summed E-state index contributed by atoms with van der Waals surface area (Å²) < 4.78 is 10.5. The van der Waals surface area contributed by atoms with E-state index in [0.717, 1.165) is 11.1 Å². The third-order valence-electron chi connectivity index (χ3n) is 3.12. The molecule has 2 N–H and O–H groups in total. The number of aromatic nitrogens is 2. The first-order valence-electron chi connectivity index (χ1n) is 6.20. The molecule has 3 aromatic rings. The smallest absolute Gasteiger partial charge is 0.230 e. The van der Waals surface area contributed by atoms with Crippen LogP contribution in [0.25, 0.3) is 22.4 Å². The number of pyridine rings is 1. The monoisotopic (exact) mass is 301 g/mol. The number of methoxy groups -OCH3 is 1. The van der Waals surface area contributed by atoms with E-state index >= 15 is 0 Å². The molecule has 0 saturated carbocycles. The number of nitrogens with zero attached hydrogens (tertiary/aromatic N) is 2. The van der Waals surface area contributed by atoms with E-state index in [1.807, 2.05) is 18.2 Å². The highest BCUT2D eigenvalue weighted by Crippen LogP contribution is 2.41. The van der Waals surface area contributed by atoms with Crippen LogP contribution < -0.4 is 10.5 Å². The third kappa shape index (κ3) is 2.32. The minimum absolute atomic E-state index is 0.206. The van der Waals surface area contributed by atoms with E-state index in [9.17, 15) is 0 Å². The highest BCUT2D eigenvalue weighted by Gasteiger charge is 2.21. The molecule has 0 aliphatic carbocycles. The van der Waals surface area contributed by atoms with Crippen LogP contribution in [0, 0.1) is 0 Å². The van der Waals surface area contributed by atoms with E-state index in [0.29, 0.717) is 22.0 Å². The summed E-state index contributed by atoms with van der Waals surface area (Å²) >= 11 is 6.25. The van der Waals surface area contributed by atoms with Crippen molar-refractivity contribution in [1.29, 1.82) is 0 Å². The average Bonchev–Trinajstić information content (AvgIpc) is 2.89. The SMILES string of the molecule is COc1cnccc1-c1noc(N)c1-c1ccccc1Cl. The van der Waals surface area contributed by atoms with Gasteiger partial charge in [0.25, 0.3) is 0 Å². The van der Waals surface area contributed by atoms with Gasteiger partial charge in [-0.05, 0) is 12.1 Å². The number of nitrogen functional groups attached to an aromatic ring is 1. The first-order valence-corrected chi connectivity index (χ1v) is 6.58. The molecule has 21 heavy (non-hydrogen) atoms. The molecule has 0 spiro atoms. The molecule has 0 atom stereocenters. The van der Waals surface area contributed by atoms with E-state index < -0.39 is 0 Å². The van der Waals surface area contributed by atoms with Crippen LogP contribution in [0.2, 0.25) is 5.02 Å². The van der Waals surface area contributed by atoms with Crippen molar-refractivity contribution >= 4 is 17.5 Å². The highest BCUT2D eigenvalue weighted by molar-refractivity contribution is 6.33. The van der Waals surface area contributed by atoms with Gasteiger partial charge < -0.3 is 15.0 Å². The lowest BCUT2D eigenvalue weighted by molar-refractivity contribution is 0.412. The zero-order valence-corrected chi connectivity index (χ0v) is 12.0. The Labute approximate surface area is 126 Å². The lowest BCUT2D eigenvalue weighted by Gasteiger charge is -2.08. The second-order valence-corrected chi connectivity index (χ2v) is 4.73. The molecule has 0 aliphatic rings. The van der Waals surface area contributed by atoms with Gasteiger partial charge in [0.1, 0.15) is 11.4 Å². The Morgan fingerprint density at radius 3 is 2.76 bits per heavy atom. The summed E-state index contributed by atoms with van der Waals surface area (Å²) in [4.78, 5) is 4.03. The van der Waals surface area contributed by atoms with Gasteiger partial charge in [0.15, 0.2) is 0 Å². The van der Waals surface area contributed by atoms with Crippen molar-refractivity contribution in [3.63, 3.8) is 0 Å². The quantitative estimate of drug-likeness (QED) is 0.799. The number of rotatable bonds is 3. The van der Waals surface area contributed by atoms with Crippen molar-refractivity contribution in [3.05, 3.63) is 47.7 Å². The van der Waals surface area contributed by atoms with Crippen molar-refractivity contribution < 1.29 is 9.26 Å². The topological polar surface area (TPSA) is 74.2 Å². The minimum atomic E-state index is 0.206. The van der Waals surface area contributed by atoms with E-state index in [1.54, 1.807) is 31.6 Å². The summed E-state index contributed by atoms with van der Waals surface area (Å²) in [5.74, 6) is 0.788. The molecule has 0 unspecified atom stereocenters. The maximum atomic E-state index is 6.25. The molecule has 5 nitrogen and oxygen atoms in total. The summed E-state index contributed by atoms with van der Waals surface area (Å²) in [5.41, 5.74) is 8.63. The first kappa shape index (κ1) is 13.5. The lowest BCUT2D eigenvalue weighted by Crippen LogP contribution is -1.92. The van der Waals surface area contributed by atoms with E-state index in [2.05, 4.69) is 10.1 Å². The third-order valence-corrected chi connectivity index (χ3v) is 3.45. The van der Waals surface area contributed by atoms with Gasteiger partial charge in [-0.15, -0.1) is 0 Å². The Bertz CT molecular complexity index is 786. The Kier molecular flexibility index (Phi) is 3.50. The van der Waals surface area contributed by atoms with Crippen LogP contribution in [0.5, 0.6) is 5.75 Å². The van der Waals surface area contributed by atoms with Gasteiger partial charge in [-0.3, -0.25) is 4.98 Å². The zero-order valence-electron chi connectivity index (χ0n) is 11.2. The van der Waals surface area contributed by atoms with E-state index in [1.165, 1.54) is 0 Å². The number of hydrogen-bond acceptors (Lipinski definition) is 5. The molecule has 0 bridgehead atoms. The highest BCUT2D eigenvalue weighted by atomic mass is 35.5. The van der Waals surface area contributed by atoms with Gasteiger partial charge in [-0.1, -0.05) is 35.0 Å². The summed E-state index contributed by atoms with van der Waals surface area (Å²) in [5, 5.41) is 4.62. The summed E-state index contributed by atoms with van der Waals surface area (Å²) in [6.07, 6.45) is 3.26. The fourth-order valence-corrected chi connectivity index (χ4v) is 2.38. The number of halogens is 1. The Morgan fingerprint density at radius 2 is 2.00 bits per heavy atom. The molecule has 0 radical (unpaired) electrons. The van der Waals surface area contributed by atoms with Crippen molar-refractivity contribution in [2.45, 2.75) is 0 Å². The molecule has 2 aromatic heterocycles. The molecule has 106 valence electrons. The van der Waals surface area contributed by atoms with Gasteiger partial charge in [0, 0.05) is 22.3 Å². The molecule has 3 rings (SSSR count). The van der Waals surface area contributed by atoms with Crippen molar-refractivity contribution in [2.75, 3.05) is 12.8 Å². The number of ether oxygens (including phenoxy) is 1. The summed E-state index contributed by atoms with van der Waals surface area (Å²) in [7, 11) is 1.57. The van der Waals surface area contributed by atoms with Crippen LogP contribution in [0.15, 0.2) is 47.2 Å². The van der Waals surface area contributed by atoms with Crippen LogP contribution in [-0.2, 0) is 0 Å². The minimum Gasteiger partial charge on any atom is -0.494 e. The van der Waals surface area contributed by atoms with Crippen LogP contribution >= 0.6 is 11.6 Å². The number of anilines is 1. The van der Waals surface area contributed by atoms with Gasteiger partial charge >= 0.3 is 0 Å². The molecule has 1 aromatic carbocycles. The summed E-state index contributed by atoms with van der Waals surface area (Å²) in [6.45, 7) is 0. The van der Waals surface area contributed by atoms with E-state index in [-0.39, 0.29) is 5.88 Å². The summed E-state index contributed by atoms with van der Waals surface area (Å²) in [6, 6.07) is 9.17. The first-order chi connectivity index (χ1) is 10.2. The van der Waals surface area contributed by atoms with Crippen molar-refractivity contribution in [1.82, 2.24) is 10.1 Å². The molecule has 0 fully saturated rings. The molecule has 0 aliphatic heterocycles.